The summed E-state index contributed by atoms with van der Waals surface area (Å²) in [4.78, 5) is 27.6. The number of carbonyl (C=O) groups is 2. The molecule has 11 heteroatoms. The Morgan fingerprint density at radius 1 is 0.971 bits per heavy atom. The molecule has 0 saturated heterocycles. The molecule has 0 spiro atoms. The van der Waals surface area contributed by atoms with Gasteiger partial charge in [0.15, 0.2) is 11.5 Å². The van der Waals surface area contributed by atoms with Gasteiger partial charge < -0.3 is 24.6 Å². The molecule has 8 nitrogen and oxygen atoms in total. The fourth-order valence-electron chi connectivity index (χ4n) is 3.06. The number of rotatable bonds is 7. The number of anilines is 1. The second kappa shape index (κ2) is 9.69. The van der Waals surface area contributed by atoms with E-state index in [1.165, 1.54) is 51.5 Å². The first-order chi connectivity index (χ1) is 16.0. The molecular weight excluding hydrogens is 457 g/mol. The number of pyridine rings is 1. The van der Waals surface area contributed by atoms with Gasteiger partial charge in [-0.3, -0.25) is 4.79 Å². The number of aryl methyl sites for hydroxylation is 1. The van der Waals surface area contributed by atoms with Gasteiger partial charge >= 0.3 is 12.1 Å². The molecule has 0 aliphatic rings. The quantitative estimate of drug-likeness (QED) is 0.485. The number of nitrogens with one attached hydrogen (secondary N) is 1. The average molecular weight is 476 g/mol. The highest BCUT2D eigenvalue weighted by Gasteiger charge is 2.38. The van der Waals surface area contributed by atoms with Crippen LogP contribution in [0.4, 0.5) is 18.9 Å². The average Bonchev–Trinajstić information content (AvgIpc) is 2.78. The van der Waals surface area contributed by atoms with Crippen LogP contribution in [-0.4, -0.2) is 36.2 Å². The number of methoxy groups -OCH3 is 2. The molecule has 34 heavy (non-hydrogen) atoms. The van der Waals surface area contributed by atoms with E-state index in [0.717, 1.165) is 18.3 Å². The first kappa shape index (κ1) is 24.4. The van der Waals surface area contributed by atoms with E-state index in [4.69, 9.17) is 19.3 Å². The summed E-state index contributed by atoms with van der Waals surface area (Å²) in [5.41, 5.74) is -2.06. The molecule has 1 heterocycles. The molecule has 0 atom stereocenters. The molecule has 0 fully saturated rings. The van der Waals surface area contributed by atoms with Gasteiger partial charge in [-0.2, -0.15) is 13.2 Å². The third-order valence-electron chi connectivity index (χ3n) is 4.61. The maximum absolute atomic E-state index is 13.9. The van der Waals surface area contributed by atoms with E-state index < -0.39 is 29.2 Å². The summed E-state index contributed by atoms with van der Waals surface area (Å²) in [5.74, 6) is -2.11. The number of aromatic nitrogens is 1. The number of carboxylic acids is 1. The number of alkyl halides is 3. The van der Waals surface area contributed by atoms with Crippen LogP contribution in [0.3, 0.4) is 0 Å². The number of amides is 1. The molecule has 1 aromatic heterocycles. The summed E-state index contributed by atoms with van der Waals surface area (Å²) < 4.78 is 57.7. The van der Waals surface area contributed by atoms with Crippen LogP contribution < -0.4 is 19.5 Å². The number of nitrogens with zero attached hydrogens (tertiary/aromatic N) is 1. The minimum Gasteiger partial charge on any atom is -0.497 e. The standard InChI is InChI=1S/C23H19F3N2O6/c1-12-8-15(23(24,25)26)20(21(29)28-13-4-6-16(22(30)31)27-11-13)19(9-12)34-17-7-5-14(32-2)10-18(17)33-3/h4-11H,1-3H3,(H,28,29)(H,30,31). The number of hydrogen-bond donors (Lipinski definition) is 2. The van der Waals surface area contributed by atoms with Crippen molar-refractivity contribution in [2.45, 2.75) is 13.1 Å². The summed E-state index contributed by atoms with van der Waals surface area (Å²) in [6.07, 6.45) is -3.85. The van der Waals surface area contributed by atoms with Gasteiger partial charge in [0.05, 0.1) is 37.2 Å². The van der Waals surface area contributed by atoms with Crippen LogP contribution in [-0.2, 0) is 6.18 Å². The molecule has 0 saturated carbocycles. The largest absolute Gasteiger partial charge is 0.497 e. The predicted molar refractivity (Wildman–Crippen MR) is 115 cm³/mol. The zero-order valence-corrected chi connectivity index (χ0v) is 18.2. The lowest BCUT2D eigenvalue weighted by atomic mass is 10.0. The zero-order valence-electron chi connectivity index (χ0n) is 18.2. The fourth-order valence-corrected chi connectivity index (χ4v) is 3.06. The van der Waals surface area contributed by atoms with Crippen molar-refractivity contribution in [2.75, 3.05) is 19.5 Å². The molecule has 0 radical (unpaired) electrons. The number of aromatic carboxylic acids is 1. The van der Waals surface area contributed by atoms with Crippen molar-refractivity contribution in [1.82, 2.24) is 4.98 Å². The van der Waals surface area contributed by atoms with Crippen LogP contribution in [0.1, 0.15) is 32.0 Å². The number of carbonyl (C=O) groups excluding carboxylic acids is 1. The molecule has 3 aromatic rings. The molecule has 2 aromatic carbocycles. The third-order valence-corrected chi connectivity index (χ3v) is 4.61. The minimum atomic E-state index is -4.87. The van der Waals surface area contributed by atoms with Crippen molar-refractivity contribution in [3.8, 4) is 23.0 Å². The Balaban J connectivity index is 2.07. The normalized spacial score (nSPS) is 11.0. The topological polar surface area (TPSA) is 107 Å². The van der Waals surface area contributed by atoms with E-state index in [0.29, 0.717) is 5.75 Å². The lowest BCUT2D eigenvalue weighted by Gasteiger charge is -2.19. The van der Waals surface area contributed by atoms with Gasteiger partial charge in [-0.05, 0) is 48.9 Å². The van der Waals surface area contributed by atoms with Gasteiger partial charge in [-0.1, -0.05) is 0 Å². The Morgan fingerprint density at radius 3 is 2.26 bits per heavy atom. The monoisotopic (exact) mass is 476 g/mol. The van der Waals surface area contributed by atoms with E-state index in [1.54, 1.807) is 0 Å². The second-order valence-electron chi connectivity index (χ2n) is 6.99. The van der Waals surface area contributed by atoms with Crippen molar-refractivity contribution in [1.29, 1.82) is 0 Å². The maximum Gasteiger partial charge on any atom is 0.417 e. The molecule has 0 aliphatic carbocycles. The third kappa shape index (κ3) is 5.37. The second-order valence-corrected chi connectivity index (χ2v) is 6.99. The van der Waals surface area contributed by atoms with Crippen LogP contribution in [0.2, 0.25) is 0 Å². The lowest BCUT2D eigenvalue weighted by molar-refractivity contribution is -0.138. The molecule has 3 rings (SSSR count). The Bertz CT molecular complexity index is 1230. The van der Waals surface area contributed by atoms with Gasteiger partial charge in [0.1, 0.15) is 17.2 Å². The Kier molecular flexibility index (Phi) is 6.94. The summed E-state index contributed by atoms with van der Waals surface area (Å²) in [7, 11) is 2.78. The predicted octanol–water partition coefficient (Wildman–Crippen LogP) is 5.17. The molecule has 0 aliphatic heterocycles. The summed E-state index contributed by atoms with van der Waals surface area (Å²) >= 11 is 0. The van der Waals surface area contributed by atoms with Crippen molar-refractivity contribution in [2.24, 2.45) is 0 Å². The van der Waals surface area contributed by atoms with Crippen molar-refractivity contribution in [3.05, 3.63) is 71.0 Å². The van der Waals surface area contributed by atoms with Gasteiger partial charge in [0.2, 0.25) is 0 Å². The van der Waals surface area contributed by atoms with E-state index in [-0.39, 0.29) is 34.2 Å². The van der Waals surface area contributed by atoms with Crippen LogP contribution >= 0.6 is 0 Å². The van der Waals surface area contributed by atoms with E-state index in [9.17, 15) is 22.8 Å². The van der Waals surface area contributed by atoms with Gasteiger partial charge in [-0.15, -0.1) is 0 Å². The van der Waals surface area contributed by atoms with E-state index >= 15 is 0 Å². The number of ether oxygens (including phenoxy) is 3. The highest BCUT2D eigenvalue weighted by atomic mass is 19.4. The summed E-state index contributed by atoms with van der Waals surface area (Å²) in [6.45, 7) is 1.43. The molecule has 0 unspecified atom stereocenters. The first-order valence-corrected chi connectivity index (χ1v) is 9.66. The Labute approximate surface area is 191 Å². The van der Waals surface area contributed by atoms with Crippen LogP contribution in [0, 0.1) is 6.92 Å². The van der Waals surface area contributed by atoms with Crippen LogP contribution in [0.5, 0.6) is 23.0 Å². The first-order valence-electron chi connectivity index (χ1n) is 9.66. The van der Waals surface area contributed by atoms with Crippen LogP contribution in [0.25, 0.3) is 0 Å². The minimum absolute atomic E-state index is 0.00308. The van der Waals surface area contributed by atoms with Gasteiger partial charge in [0, 0.05) is 6.07 Å². The van der Waals surface area contributed by atoms with Crippen LogP contribution in [0.15, 0.2) is 48.7 Å². The SMILES string of the molecule is COc1ccc(Oc2cc(C)cc(C(F)(F)F)c2C(=O)Nc2ccc(C(=O)O)nc2)c(OC)c1. The smallest absolute Gasteiger partial charge is 0.417 e. The molecule has 1 amide bonds. The molecule has 0 bridgehead atoms. The Morgan fingerprint density at radius 2 is 1.71 bits per heavy atom. The zero-order chi connectivity index (χ0) is 25.0. The van der Waals surface area contributed by atoms with Gasteiger partial charge in [0.25, 0.3) is 5.91 Å². The maximum atomic E-state index is 13.9. The lowest BCUT2D eigenvalue weighted by Crippen LogP contribution is -2.20. The number of hydrogen-bond acceptors (Lipinski definition) is 6. The number of benzene rings is 2. The highest BCUT2D eigenvalue weighted by Crippen LogP contribution is 2.41. The fraction of sp³-hybridized carbons (Fsp3) is 0.174. The Hall–Kier alpha value is -4.28. The van der Waals surface area contributed by atoms with Crippen molar-refractivity contribution in [3.63, 3.8) is 0 Å². The number of halogens is 3. The highest BCUT2D eigenvalue weighted by molar-refractivity contribution is 6.07. The summed E-state index contributed by atoms with van der Waals surface area (Å²) in [6, 6.07) is 8.88. The summed E-state index contributed by atoms with van der Waals surface area (Å²) in [5, 5.41) is 11.2. The molecule has 2 N–H and O–H groups in total. The van der Waals surface area contributed by atoms with Gasteiger partial charge in [-0.25, -0.2) is 9.78 Å². The van der Waals surface area contributed by atoms with E-state index in [1.807, 2.05) is 0 Å². The number of carboxylic acid groups (broad SMARTS) is 1. The van der Waals surface area contributed by atoms with Crippen molar-refractivity contribution >= 4 is 17.6 Å². The molecular formula is C23H19F3N2O6. The van der Waals surface area contributed by atoms with E-state index in [2.05, 4.69) is 10.3 Å². The molecule has 178 valence electrons. The van der Waals surface area contributed by atoms with Crippen molar-refractivity contribution < 1.29 is 42.1 Å².